The zero-order valence-corrected chi connectivity index (χ0v) is 12.0. The second kappa shape index (κ2) is 6.26. The van der Waals surface area contributed by atoms with Crippen LogP contribution in [0.25, 0.3) is 0 Å². The molecule has 2 rings (SSSR count). The molecule has 19 heavy (non-hydrogen) atoms. The number of halogens is 2. The molecule has 0 atom stereocenters. The Morgan fingerprint density at radius 3 is 2.84 bits per heavy atom. The quantitative estimate of drug-likeness (QED) is 0.670. The largest absolute Gasteiger partial charge is 0.482 e. The molecule has 1 aromatic carbocycles. The van der Waals surface area contributed by atoms with Gasteiger partial charge in [-0.25, -0.2) is 5.43 Å². The van der Waals surface area contributed by atoms with Gasteiger partial charge in [0.25, 0.3) is 5.91 Å². The number of ether oxygens (including phenoxy) is 1. The Kier molecular flexibility index (Phi) is 4.66. The lowest BCUT2D eigenvalue weighted by Gasteiger charge is -2.07. The lowest BCUT2D eigenvalue weighted by atomic mass is 10.3. The number of nitrogens with zero attached hydrogens (tertiary/aromatic N) is 1. The second-order valence-corrected chi connectivity index (χ2v) is 5.27. The number of rotatable bonds is 5. The average molecular weight is 301 g/mol. The molecule has 0 aromatic heterocycles. The van der Waals surface area contributed by atoms with E-state index < -0.39 is 0 Å². The monoisotopic (exact) mass is 300 g/mol. The van der Waals surface area contributed by atoms with Crippen LogP contribution in [0.2, 0.25) is 10.0 Å². The molecule has 102 valence electrons. The zero-order valence-electron chi connectivity index (χ0n) is 10.5. The fourth-order valence-electron chi connectivity index (χ4n) is 1.51. The highest BCUT2D eigenvalue weighted by Gasteiger charge is 2.24. The van der Waals surface area contributed by atoms with Gasteiger partial charge in [0, 0.05) is 10.7 Å². The molecule has 0 heterocycles. The Hall–Kier alpha value is -1.26. The molecule has 6 heteroatoms. The summed E-state index contributed by atoms with van der Waals surface area (Å²) in [5, 5.41) is 4.91. The van der Waals surface area contributed by atoms with Gasteiger partial charge in [0.15, 0.2) is 6.61 Å². The average Bonchev–Trinajstić information content (AvgIpc) is 3.19. The molecule has 0 spiro atoms. The summed E-state index contributed by atoms with van der Waals surface area (Å²) in [7, 11) is 0. The molecule has 0 radical (unpaired) electrons. The van der Waals surface area contributed by atoms with Crippen molar-refractivity contribution in [3.05, 3.63) is 28.2 Å². The maximum absolute atomic E-state index is 11.5. The SMILES string of the molecule is CC(=NNC(=O)COc1ccc(Cl)cc1Cl)C1CC1. The molecule has 1 aliphatic carbocycles. The highest BCUT2D eigenvalue weighted by Crippen LogP contribution is 2.30. The van der Waals surface area contributed by atoms with E-state index >= 15 is 0 Å². The smallest absolute Gasteiger partial charge is 0.277 e. The van der Waals surface area contributed by atoms with E-state index in [4.69, 9.17) is 27.9 Å². The molecular weight excluding hydrogens is 287 g/mol. The van der Waals surface area contributed by atoms with Crippen molar-refractivity contribution in [1.82, 2.24) is 5.43 Å². The molecule has 1 aliphatic rings. The van der Waals surface area contributed by atoms with Crippen LogP contribution in [0.5, 0.6) is 5.75 Å². The van der Waals surface area contributed by atoms with Crippen LogP contribution in [0.1, 0.15) is 19.8 Å². The Morgan fingerprint density at radius 2 is 2.21 bits per heavy atom. The predicted molar refractivity (Wildman–Crippen MR) is 75.9 cm³/mol. The van der Waals surface area contributed by atoms with Crippen LogP contribution in [0.3, 0.4) is 0 Å². The fourth-order valence-corrected chi connectivity index (χ4v) is 1.97. The van der Waals surface area contributed by atoms with Gasteiger partial charge in [-0.2, -0.15) is 5.10 Å². The van der Waals surface area contributed by atoms with E-state index in [0.717, 1.165) is 18.6 Å². The molecule has 1 aromatic rings. The standard InChI is InChI=1S/C13H14Cl2N2O2/c1-8(9-2-3-9)16-17-13(18)7-19-12-5-4-10(14)6-11(12)15/h4-6,9H,2-3,7H2,1H3,(H,17,18). The normalized spacial score (nSPS) is 15.2. The van der Waals surface area contributed by atoms with Crippen molar-refractivity contribution < 1.29 is 9.53 Å². The van der Waals surface area contributed by atoms with Gasteiger partial charge in [-0.3, -0.25) is 4.79 Å². The molecule has 4 nitrogen and oxygen atoms in total. The first-order valence-corrected chi connectivity index (χ1v) is 6.72. The summed E-state index contributed by atoms with van der Waals surface area (Å²) in [6.45, 7) is 1.78. The van der Waals surface area contributed by atoms with Crippen LogP contribution in [0.4, 0.5) is 0 Å². The number of carbonyl (C=O) groups is 1. The van der Waals surface area contributed by atoms with Crippen LogP contribution in [0, 0.1) is 5.92 Å². The molecule has 1 amide bonds. The van der Waals surface area contributed by atoms with E-state index in [9.17, 15) is 4.79 Å². The third-order valence-electron chi connectivity index (χ3n) is 2.78. The summed E-state index contributed by atoms with van der Waals surface area (Å²) in [4.78, 5) is 11.5. The highest BCUT2D eigenvalue weighted by molar-refractivity contribution is 6.35. The summed E-state index contributed by atoms with van der Waals surface area (Å²) < 4.78 is 5.29. The van der Waals surface area contributed by atoms with Crippen molar-refractivity contribution in [3.63, 3.8) is 0 Å². The molecule has 1 N–H and O–H groups in total. The van der Waals surface area contributed by atoms with Crippen LogP contribution < -0.4 is 10.2 Å². The Bertz CT molecular complexity index is 513. The van der Waals surface area contributed by atoms with Crippen LogP contribution >= 0.6 is 23.2 Å². The van der Waals surface area contributed by atoms with Gasteiger partial charge < -0.3 is 4.74 Å². The fraction of sp³-hybridized carbons (Fsp3) is 0.385. The van der Waals surface area contributed by atoms with E-state index in [2.05, 4.69) is 10.5 Å². The second-order valence-electron chi connectivity index (χ2n) is 4.43. The zero-order chi connectivity index (χ0) is 13.8. The lowest BCUT2D eigenvalue weighted by molar-refractivity contribution is -0.123. The number of benzene rings is 1. The van der Waals surface area contributed by atoms with E-state index in [1.807, 2.05) is 6.92 Å². The van der Waals surface area contributed by atoms with Crippen molar-refractivity contribution in [3.8, 4) is 5.75 Å². The van der Waals surface area contributed by atoms with Gasteiger partial charge in [0.1, 0.15) is 5.75 Å². The van der Waals surface area contributed by atoms with Gasteiger partial charge in [0.2, 0.25) is 0 Å². The van der Waals surface area contributed by atoms with Gasteiger partial charge >= 0.3 is 0 Å². The Balaban J connectivity index is 1.81. The number of amides is 1. The first-order chi connectivity index (χ1) is 9.06. The van der Waals surface area contributed by atoms with Crippen LogP contribution in [0.15, 0.2) is 23.3 Å². The first kappa shape index (κ1) is 14.2. The third kappa shape index (κ3) is 4.40. The number of hydrazone groups is 1. The molecule has 1 fully saturated rings. The molecule has 0 unspecified atom stereocenters. The number of hydrogen-bond acceptors (Lipinski definition) is 3. The van der Waals surface area contributed by atoms with Crippen molar-refractivity contribution in [2.45, 2.75) is 19.8 Å². The number of carbonyl (C=O) groups excluding carboxylic acids is 1. The summed E-state index contributed by atoms with van der Waals surface area (Å²) in [5.41, 5.74) is 3.42. The summed E-state index contributed by atoms with van der Waals surface area (Å²) >= 11 is 11.7. The predicted octanol–water partition coefficient (Wildman–Crippen LogP) is 3.27. The maximum Gasteiger partial charge on any atom is 0.277 e. The maximum atomic E-state index is 11.5. The summed E-state index contributed by atoms with van der Waals surface area (Å²) in [6.07, 6.45) is 2.31. The summed E-state index contributed by atoms with van der Waals surface area (Å²) in [5.74, 6) is 0.641. The van der Waals surface area contributed by atoms with E-state index in [1.165, 1.54) is 0 Å². The number of hydrogen-bond donors (Lipinski definition) is 1. The molecule has 0 bridgehead atoms. The number of nitrogens with one attached hydrogen (secondary N) is 1. The van der Waals surface area contributed by atoms with Gasteiger partial charge in [0.05, 0.1) is 5.02 Å². The van der Waals surface area contributed by atoms with E-state index in [0.29, 0.717) is 21.7 Å². The first-order valence-electron chi connectivity index (χ1n) is 5.97. The van der Waals surface area contributed by atoms with Crippen molar-refractivity contribution in [2.24, 2.45) is 11.0 Å². The topological polar surface area (TPSA) is 50.7 Å². The van der Waals surface area contributed by atoms with Gasteiger partial charge in [-0.05, 0) is 43.9 Å². The highest BCUT2D eigenvalue weighted by atomic mass is 35.5. The summed E-state index contributed by atoms with van der Waals surface area (Å²) in [6, 6.07) is 4.83. The molecular formula is C13H14Cl2N2O2. The van der Waals surface area contributed by atoms with Gasteiger partial charge in [-0.15, -0.1) is 0 Å². The van der Waals surface area contributed by atoms with E-state index in [-0.39, 0.29) is 12.5 Å². The molecule has 0 saturated heterocycles. The van der Waals surface area contributed by atoms with Crippen LogP contribution in [-0.2, 0) is 4.79 Å². The lowest BCUT2D eigenvalue weighted by Crippen LogP contribution is -2.25. The van der Waals surface area contributed by atoms with Gasteiger partial charge in [-0.1, -0.05) is 23.2 Å². The molecule has 0 aliphatic heterocycles. The van der Waals surface area contributed by atoms with Crippen LogP contribution in [-0.4, -0.2) is 18.2 Å². The minimum absolute atomic E-state index is 0.136. The van der Waals surface area contributed by atoms with E-state index in [1.54, 1.807) is 18.2 Å². The molecule has 1 saturated carbocycles. The van der Waals surface area contributed by atoms with Crippen molar-refractivity contribution in [1.29, 1.82) is 0 Å². The third-order valence-corrected chi connectivity index (χ3v) is 3.31. The van der Waals surface area contributed by atoms with Crippen molar-refractivity contribution >= 4 is 34.8 Å². The minimum Gasteiger partial charge on any atom is -0.482 e. The minimum atomic E-state index is -0.314. The Morgan fingerprint density at radius 1 is 1.47 bits per heavy atom. The van der Waals surface area contributed by atoms with Crippen molar-refractivity contribution in [2.75, 3.05) is 6.61 Å². The Labute approximate surface area is 121 Å².